The highest BCUT2D eigenvalue weighted by Crippen LogP contribution is 2.29. The Morgan fingerprint density at radius 3 is 1.47 bits per heavy atom. The van der Waals surface area contributed by atoms with Crippen molar-refractivity contribution in [2.75, 3.05) is 19.8 Å². The largest absolute Gasteiger partial charge is 0.437 e. The molecule has 0 amide bonds. The van der Waals surface area contributed by atoms with E-state index in [1.54, 1.807) is 6.92 Å². The molecule has 194 valence electrons. The van der Waals surface area contributed by atoms with E-state index in [0.29, 0.717) is 19.8 Å². The van der Waals surface area contributed by atoms with Crippen molar-refractivity contribution in [2.24, 2.45) is 0 Å². The molecule has 1 N–H and O–H groups in total. The van der Waals surface area contributed by atoms with E-state index in [4.69, 9.17) is 25.9 Å². The van der Waals surface area contributed by atoms with Gasteiger partial charge in [-0.05, 0) is 98.3 Å². The van der Waals surface area contributed by atoms with E-state index in [1.807, 2.05) is 6.92 Å². The average Bonchev–Trinajstić information content (AvgIpc) is 2.45. The molecule has 0 spiro atoms. The minimum Gasteiger partial charge on any atom is -0.437 e. The van der Waals surface area contributed by atoms with Crippen LogP contribution in [0.4, 0.5) is 0 Å². The van der Waals surface area contributed by atoms with Crippen LogP contribution in [-0.2, 0) is 25.9 Å². The van der Waals surface area contributed by atoms with Crippen molar-refractivity contribution in [3.8, 4) is 0 Å². The predicted octanol–water partition coefficient (Wildman–Crippen LogP) is 5.39. The quantitative estimate of drug-likeness (QED) is 0.194. The molecule has 0 bridgehead atoms. The van der Waals surface area contributed by atoms with Crippen LogP contribution in [0.15, 0.2) is 0 Å². The molecule has 0 aromatic heterocycles. The van der Waals surface area contributed by atoms with Gasteiger partial charge in [0.1, 0.15) is 0 Å². The third-order valence-electron chi connectivity index (χ3n) is 3.92. The highest BCUT2D eigenvalue weighted by Gasteiger charge is 2.46. The fourth-order valence-electron chi connectivity index (χ4n) is 3.78. The summed E-state index contributed by atoms with van der Waals surface area (Å²) in [6.45, 7) is 29.0. The lowest BCUT2D eigenvalue weighted by Crippen LogP contribution is -2.59. The third kappa shape index (κ3) is 18.2. The Hall–Kier alpha value is 0.804. The Kier molecular flexibility index (Phi) is 13.5. The van der Waals surface area contributed by atoms with E-state index >= 15 is 0 Å². The molecule has 0 radical (unpaired) electrons. The minimum atomic E-state index is -2.55. The minimum absolute atomic E-state index is 0.0475. The van der Waals surface area contributed by atoms with Crippen molar-refractivity contribution >= 4 is 42.3 Å². The number of ether oxygens (including phenoxy) is 2. The van der Waals surface area contributed by atoms with E-state index in [2.05, 4.69) is 72.0 Å². The Morgan fingerprint density at radius 1 is 0.656 bits per heavy atom. The van der Waals surface area contributed by atoms with Gasteiger partial charge in [0, 0.05) is 6.61 Å². The molecule has 0 aliphatic carbocycles. The first-order valence-electron chi connectivity index (χ1n) is 11.8. The number of aliphatic hydroxyl groups excluding tert-OH is 1. The van der Waals surface area contributed by atoms with Crippen molar-refractivity contribution in [2.45, 2.75) is 111 Å². The fraction of sp³-hybridized carbons (Fsp3) is 1.00. The van der Waals surface area contributed by atoms with E-state index in [-0.39, 0.29) is 6.10 Å². The molecular weight excluding hydrogens is 493 g/mol. The highest BCUT2D eigenvalue weighted by atomic mass is 28.5. The maximum absolute atomic E-state index is 9.33. The van der Waals surface area contributed by atoms with Gasteiger partial charge in [-0.3, -0.25) is 0 Å². The first kappa shape index (κ1) is 32.8. The van der Waals surface area contributed by atoms with Gasteiger partial charge in [0.2, 0.25) is 0 Å². The van der Waals surface area contributed by atoms with E-state index in [9.17, 15) is 5.11 Å². The second-order valence-corrected chi connectivity index (χ2v) is 31.8. The lowest BCUT2D eigenvalue weighted by Gasteiger charge is -2.43. The van der Waals surface area contributed by atoms with Crippen LogP contribution >= 0.6 is 0 Å². The van der Waals surface area contributed by atoms with Crippen molar-refractivity contribution in [3.63, 3.8) is 0 Å². The lowest BCUT2D eigenvalue weighted by atomic mass is 10.4. The van der Waals surface area contributed by atoms with Gasteiger partial charge in [-0.1, -0.05) is 0 Å². The van der Waals surface area contributed by atoms with Gasteiger partial charge >= 0.3 is 25.7 Å². The van der Waals surface area contributed by atoms with Crippen LogP contribution in [0.1, 0.15) is 20.3 Å². The van der Waals surface area contributed by atoms with Crippen molar-refractivity contribution in [1.29, 1.82) is 0 Å². The number of hydrogen-bond acceptors (Lipinski definition) is 7. The molecular formula is C20H52O7Si5. The molecule has 0 aliphatic heterocycles. The molecule has 2 unspecified atom stereocenters. The Labute approximate surface area is 203 Å². The van der Waals surface area contributed by atoms with Gasteiger partial charge in [0.15, 0.2) is 16.6 Å². The van der Waals surface area contributed by atoms with Crippen LogP contribution in [0.3, 0.4) is 0 Å². The standard InChI is InChI=1S/C20H52O7Si5/c1-19(21)17-23-20(2)18-22-15-14-16-32(13,26-30(9,10)24-28(3,4)5)27-31(11,12)25-29(6,7)8/h19-21H,14-18H2,1-13H3. The van der Waals surface area contributed by atoms with Crippen molar-refractivity contribution in [3.05, 3.63) is 0 Å². The van der Waals surface area contributed by atoms with Gasteiger partial charge in [-0.2, -0.15) is 0 Å². The Bertz CT molecular complexity index is 503. The van der Waals surface area contributed by atoms with Gasteiger partial charge in [-0.15, -0.1) is 0 Å². The Balaban J connectivity index is 5.07. The number of rotatable bonds is 17. The van der Waals surface area contributed by atoms with Crippen molar-refractivity contribution < 1.29 is 31.0 Å². The van der Waals surface area contributed by atoms with Crippen molar-refractivity contribution in [1.82, 2.24) is 0 Å². The zero-order valence-electron chi connectivity index (χ0n) is 23.1. The molecule has 0 aromatic carbocycles. The number of aliphatic hydroxyl groups is 1. The molecule has 0 aliphatic rings. The van der Waals surface area contributed by atoms with Crippen LogP contribution in [-0.4, -0.2) is 79.5 Å². The molecule has 0 saturated carbocycles. The molecule has 12 heteroatoms. The molecule has 0 rings (SSSR count). The van der Waals surface area contributed by atoms with Crippen LogP contribution < -0.4 is 0 Å². The lowest BCUT2D eigenvalue weighted by molar-refractivity contribution is -0.0364. The summed E-state index contributed by atoms with van der Waals surface area (Å²) in [6.07, 6.45) is 0.338. The van der Waals surface area contributed by atoms with E-state index in [1.165, 1.54) is 0 Å². The van der Waals surface area contributed by atoms with Crippen LogP contribution in [0.2, 0.25) is 78.1 Å². The first-order chi connectivity index (χ1) is 14.1. The van der Waals surface area contributed by atoms with Gasteiger partial charge < -0.3 is 31.0 Å². The molecule has 32 heavy (non-hydrogen) atoms. The zero-order valence-corrected chi connectivity index (χ0v) is 28.1. The normalized spacial score (nSPS) is 16.3. The molecule has 0 aromatic rings. The maximum Gasteiger partial charge on any atom is 0.317 e. The summed E-state index contributed by atoms with van der Waals surface area (Å²) < 4.78 is 37.9. The second kappa shape index (κ2) is 13.2. The fourth-order valence-corrected chi connectivity index (χ4v) is 27.1. The third-order valence-corrected chi connectivity index (χ3v) is 21.4. The van der Waals surface area contributed by atoms with Gasteiger partial charge in [-0.25, -0.2) is 0 Å². The number of hydrogen-bond donors (Lipinski definition) is 1. The monoisotopic (exact) mass is 544 g/mol. The summed E-state index contributed by atoms with van der Waals surface area (Å²) in [5.41, 5.74) is 0. The molecule has 2 atom stereocenters. The topological polar surface area (TPSA) is 75.6 Å². The Morgan fingerprint density at radius 2 is 1.09 bits per heavy atom. The average molecular weight is 545 g/mol. The van der Waals surface area contributed by atoms with Gasteiger partial charge in [0.25, 0.3) is 0 Å². The predicted molar refractivity (Wildman–Crippen MR) is 145 cm³/mol. The van der Waals surface area contributed by atoms with E-state index < -0.39 is 48.4 Å². The summed E-state index contributed by atoms with van der Waals surface area (Å²) in [5, 5.41) is 9.33. The molecule has 7 nitrogen and oxygen atoms in total. The molecule has 0 fully saturated rings. The van der Waals surface area contributed by atoms with Crippen LogP contribution in [0, 0.1) is 0 Å². The second-order valence-electron chi connectivity index (χ2n) is 11.7. The highest BCUT2D eigenvalue weighted by molar-refractivity contribution is 6.90. The van der Waals surface area contributed by atoms with Crippen LogP contribution in [0.25, 0.3) is 0 Å². The molecule has 0 saturated heterocycles. The summed E-state index contributed by atoms with van der Waals surface area (Å²) >= 11 is 0. The summed E-state index contributed by atoms with van der Waals surface area (Å²) in [4.78, 5) is 0. The zero-order chi connectivity index (χ0) is 25.4. The smallest absolute Gasteiger partial charge is 0.317 e. The molecule has 0 heterocycles. The summed E-state index contributed by atoms with van der Waals surface area (Å²) in [7, 11) is -10.7. The first-order valence-corrected chi connectivity index (χ1v) is 26.8. The van der Waals surface area contributed by atoms with Crippen LogP contribution in [0.5, 0.6) is 0 Å². The maximum atomic E-state index is 9.33. The SMILES string of the molecule is CC(O)COC(C)COCCC[Si](C)(O[Si](C)(C)O[Si](C)(C)C)O[Si](C)(C)O[Si](C)(C)C. The van der Waals surface area contributed by atoms with Gasteiger partial charge in [0.05, 0.1) is 25.4 Å². The summed E-state index contributed by atoms with van der Waals surface area (Å²) in [5.74, 6) is 0. The van der Waals surface area contributed by atoms with E-state index in [0.717, 1.165) is 12.5 Å². The summed E-state index contributed by atoms with van der Waals surface area (Å²) in [6, 6.07) is 0.826.